The van der Waals surface area contributed by atoms with E-state index < -0.39 is 10.9 Å². The van der Waals surface area contributed by atoms with Crippen LogP contribution in [0.4, 0.5) is 11.4 Å². The van der Waals surface area contributed by atoms with Crippen LogP contribution >= 0.6 is 0 Å². The van der Waals surface area contributed by atoms with E-state index in [2.05, 4.69) is 31.4 Å². The standard InChI is InChI=1S/C15H26N2O2/c1-14(2,3)8-7-9-16-10-11(13(19)12(10)18)17-15(4,5)6/h16-17H,7-9H2,1-6H3. The van der Waals surface area contributed by atoms with Crippen LogP contribution in [0.2, 0.25) is 0 Å². The summed E-state index contributed by atoms with van der Waals surface area (Å²) in [6.45, 7) is 13.2. The van der Waals surface area contributed by atoms with Crippen LogP contribution in [-0.2, 0) is 0 Å². The Balaban J connectivity index is 2.58. The van der Waals surface area contributed by atoms with E-state index in [9.17, 15) is 9.59 Å². The summed E-state index contributed by atoms with van der Waals surface area (Å²) in [7, 11) is 0. The Hall–Kier alpha value is -1.32. The van der Waals surface area contributed by atoms with Gasteiger partial charge in [-0.3, -0.25) is 9.59 Å². The van der Waals surface area contributed by atoms with Gasteiger partial charge in [0.2, 0.25) is 0 Å². The van der Waals surface area contributed by atoms with Crippen LogP contribution in [0.1, 0.15) is 54.4 Å². The third-order valence-electron chi connectivity index (χ3n) is 2.82. The van der Waals surface area contributed by atoms with E-state index in [0.717, 1.165) is 19.4 Å². The maximum absolute atomic E-state index is 11.5. The van der Waals surface area contributed by atoms with Gasteiger partial charge in [-0.15, -0.1) is 0 Å². The van der Waals surface area contributed by atoms with Crippen LogP contribution in [0.25, 0.3) is 0 Å². The highest BCUT2D eigenvalue weighted by molar-refractivity contribution is 5.74. The first-order valence-electron chi connectivity index (χ1n) is 6.87. The second-order valence-electron chi connectivity index (χ2n) is 7.37. The van der Waals surface area contributed by atoms with E-state index in [4.69, 9.17) is 0 Å². The third kappa shape index (κ3) is 4.69. The quantitative estimate of drug-likeness (QED) is 0.635. The summed E-state index contributed by atoms with van der Waals surface area (Å²) in [4.78, 5) is 23.1. The molecule has 0 aromatic heterocycles. The topological polar surface area (TPSA) is 58.2 Å². The van der Waals surface area contributed by atoms with E-state index in [1.807, 2.05) is 20.8 Å². The molecule has 0 spiro atoms. The van der Waals surface area contributed by atoms with E-state index in [-0.39, 0.29) is 5.54 Å². The molecule has 0 atom stereocenters. The van der Waals surface area contributed by atoms with Crippen molar-refractivity contribution >= 4 is 11.4 Å². The lowest BCUT2D eigenvalue weighted by Crippen LogP contribution is -2.41. The van der Waals surface area contributed by atoms with Crippen molar-refractivity contribution in [1.82, 2.24) is 0 Å². The van der Waals surface area contributed by atoms with Crippen molar-refractivity contribution in [1.29, 1.82) is 0 Å². The van der Waals surface area contributed by atoms with Crippen LogP contribution in [0, 0.1) is 5.41 Å². The molecule has 0 aliphatic rings. The summed E-state index contributed by atoms with van der Waals surface area (Å²) in [5.74, 6) is 0. The van der Waals surface area contributed by atoms with Crippen LogP contribution in [0.5, 0.6) is 0 Å². The molecule has 1 aromatic rings. The van der Waals surface area contributed by atoms with Crippen molar-refractivity contribution < 1.29 is 0 Å². The Morgan fingerprint density at radius 1 is 0.895 bits per heavy atom. The highest BCUT2D eigenvalue weighted by atomic mass is 16.2. The fourth-order valence-corrected chi connectivity index (χ4v) is 1.89. The predicted molar refractivity (Wildman–Crippen MR) is 81.9 cm³/mol. The zero-order valence-corrected chi connectivity index (χ0v) is 12.9. The van der Waals surface area contributed by atoms with Crippen LogP contribution in [0.15, 0.2) is 9.59 Å². The van der Waals surface area contributed by atoms with Crippen LogP contribution in [-0.4, -0.2) is 12.1 Å². The summed E-state index contributed by atoms with van der Waals surface area (Å²) in [6, 6.07) is 0. The Morgan fingerprint density at radius 2 is 1.42 bits per heavy atom. The highest BCUT2D eigenvalue weighted by Crippen LogP contribution is 2.22. The fourth-order valence-electron chi connectivity index (χ4n) is 1.89. The second kappa shape index (κ2) is 5.35. The van der Waals surface area contributed by atoms with Gasteiger partial charge in [-0.1, -0.05) is 20.8 Å². The molecular weight excluding hydrogens is 240 g/mol. The van der Waals surface area contributed by atoms with Gasteiger partial charge in [-0.05, 0) is 39.0 Å². The van der Waals surface area contributed by atoms with Crippen LogP contribution in [0.3, 0.4) is 0 Å². The first-order valence-corrected chi connectivity index (χ1v) is 6.87. The lowest BCUT2D eigenvalue weighted by Gasteiger charge is -2.25. The maximum atomic E-state index is 11.5. The van der Waals surface area contributed by atoms with Crippen LogP contribution < -0.4 is 21.5 Å². The molecule has 0 fully saturated rings. The molecule has 0 saturated carbocycles. The Labute approximate surface area is 115 Å². The lowest BCUT2D eigenvalue weighted by molar-refractivity contribution is 0.370. The van der Waals surface area contributed by atoms with Gasteiger partial charge >= 0.3 is 0 Å². The number of rotatable bonds is 5. The summed E-state index contributed by atoms with van der Waals surface area (Å²) in [6.07, 6.45) is 2.06. The Morgan fingerprint density at radius 3 is 1.89 bits per heavy atom. The molecule has 4 heteroatoms. The van der Waals surface area contributed by atoms with Gasteiger partial charge in [0, 0.05) is 12.1 Å². The minimum absolute atomic E-state index is 0.218. The molecule has 108 valence electrons. The molecular formula is C15H26N2O2. The molecule has 2 N–H and O–H groups in total. The summed E-state index contributed by atoms with van der Waals surface area (Å²) < 4.78 is 0. The molecule has 1 aromatic carbocycles. The van der Waals surface area contributed by atoms with Crippen molar-refractivity contribution in [3.05, 3.63) is 20.4 Å². The highest BCUT2D eigenvalue weighted by Gasteiger charge is 2.24. The van der Waals surface area contributed by atoms with Gasteiger partial charge in [-0.25, -0.2) is 0 Å². The minimum Gasteiger partial charge on any atom is -0.380 e. The van der Waals surface area contributed by atoms with Gasteiger partial charge in [0.05, 0.1) is 0 Å². The van der Waals surface area contributed by atoms with Gasteiger partial charge in [0.1, 0.15) is 11.4 Å². The average Bonchev–Trinajstić information content (AvgIpc) is 2.23. The number of nitrogens with one attached hydrogen (secondary N) is 2. The molecule has 0 bridgehead atoms. The average molecular weight is 266 g/mol. The smallest absolute Gasteiger partial charge is 0.253 e. The van der Waals surface area contributed by atoms with Gasteiger partial charge in [0.15, 0.2) is 0 Å². The van der Waals surface area contributed by atoms with Gasteiger partial charge in [0.25, 0.3) is 10.9 Å². The van der Waals surface area contributed by atoms with Gasteiger partial charge < -0.3 is 10.6 Å². The first-order chi connectivity index (χ1) is 8.51. The molecule has 1 rings (SSSR count). The molecule has 0 unspecified atom stereocenters. The molecule has 4 nitrogen and oxygen atoms in total. The van der Waals surface area contributed by atoms with Crippen molar-refractivity contribution in [3.63, 3.8) is 0 Å². The molecule has 0 aliphatic heterocycles. The maximum Gasteiger partial charge on any atom is 0.253 e. The summed E-state index contributed by atoms with van der Waals surface area (Å²) >= 11 is 0. The Bertz CT molecular complexity index is 497. The van der Waals surface area contributed by atoms with Crippen molar-refractivity contribution in [2.45, 2.75) is 59.9 Å². The van der Waals surface area contributed by atoms with E-state index in [1.165, 1.54) is 0 Å². The molecule has 0 aliphatic carbocycles. The van der Waals surface area contributed by atoms with E-state index in [1.54, 1.807) is 0 Å². The number of hydrogen-bond acceptors (Lipinski definition) is 4. The number of anilines is 2. The monoisotopic (exact) mass is 266 g/mol. The molecule has 0 radical (unpaired) electrons. The zero-order valence-electron chi connectivity index (χ0n) is 12.9. The van der Waals surface area contributed by atoms with E-state index >= 15 is 0 Å². The molecule has 0 heterocycles. The molecule has 0 amide bonds. The number of hydrogen-bond donors (Lipinski definition) is 2. The van der Waals surface area contributed by atoms with Crippen molar-refractivity contribution in [3.8, 4) is 0 Å². The van der Waals surface area contributed by atoms with Gasteiger partial charge in [-0.2, -0.15) is 0 Å². The van der Waals surface area contributed by atoms with Crippen molar-refractivity contribution in [2.75, 3.05) is 17.2 Å². The fraction of sp³-hybridized carbons (Fsp3) is 0.733. The lowest BCUT2D eigenvalue weighted by atomic mass is 9.90. The van der Waals surface area contributed by atoms with Crippen molar-refractivity contribution in [2.24, 2.45) is 5.41 Å². The third-order valence-corrected chi connectivity index (χ3v) is 2.82. The summed E-state index contributed by atoms with van der Waals surface area (Å²) in [5, 5.41) is 6.18. The van der Waals surface area contributed by atoms with E-state index in [0.29, 0.717) is 16.8 Å². The zero-order chi connectivity index (χ0) is 14.8. The first kappa shape index (κ1) is 15.7. The second-order valence-corrected chi connectivity index (χ2v) is 7.37. The largest absolute Gasteiger partial charge is 0.380 e. The normalized spacial score (nSPS) is 12.7. The summed E-state index contributed by atoms with van der Waals surface area (Å²) in [5.41, 5.74) is 0.157. The molecule has 0 saturated heterocycles. The minimum atomic E-state index is -0.409. The predicted octanol–water partition coefficient (Wildman–Crippen LogP) is 2.73. The SMILES string of the molecule is CC(C)(C)CCCNc1c(NC(C)(C)C)c(=O)c1=O. The molecule has 19 heavy (non-hydrogen) atoms. The Kier molecular flexibility index (Phi) is 4.43.